The summed E-state index contributed by atoms with van der Waals surface area (Å²) in [6, 6.07) is 12.4. The SMILES string of the molecule is COc1ccc(N2C(=O)c3ccccc3C(C=N[C@@H](C)C3CC3)C2=O)cc1OC. The number of carbonyl (C=O) groups excluding carboxylic acids is 2. The second kappa shape index (κ2) is 7.70. The minimum atomic E-state index is -0.599. The summed E-state index contributed by atoms with van der Waals surface area (Å²) in [5, 5.41) is 0. The number of anilines is 1. The van der Waals surface area contributed by atoms with Crippen molar-refractivity contribution in [1.82, 2.24) is 0 Å². The van der Waals surface area contributed by atoms with Crippen molar-refractivity contribution in [1.29, 1.82) is 0 Å². The topological polar surface area (TPSA) is 68.2 Å². The van der Waals surface area contributed by atoms with Crippen LogP contribution < -0.4 is 14.4 Å². The van der Waals surface area contributed by atoms with Crippen LogP contribution in [0.3, 0.4) is 0 Å². The maximum Gasteiger partial charge on any atom is 0.265 e. The van der Waals surface area contributed by atoms with E-state index in [1.165, 1.54) is 24.9 Å². The van der Waals surface area contributed by atoms with Crippen molar-refractivity contribution in [2.45, 2.75) is 31.7 Å². The Morgan fingerprint density at radius 1 is 1.07 bits per heavy atom. The zero-order valence-corrected chi connectivity index (χ0v) is 16.8. The van der Waals surface area contributed by atoms with Gasteiger partial charge in [-0.3, -0.25) is 14.6 Å². The molecule has 1 saturated carbocycles. The van der Waals surface area contributed by atoms with Gasteiger partial charge in [-0.05, 0) is 49.4 Å². The third-order valence-corrected chi connectivity index (χ3v) is 5.62. The van der Waals surface area contributed by atoms with Crippen LogP contribution >= 0.6 is 0 Å². The predicted molar refractivity (Wildman–Crippen MR) is 111 cm³/mol. The molecule has 2 aromatic rings. The van der Waals surface area contributed by atoms with Crippen molar-refractivity contribution >= 4 is 23.7 Å². The van der Waals surface area contributed by atoms with Gasteiger partial charge in [-0.2, -0.15) is 0 Å². The van der Waals surface area contributed by atoms with E-state index >= 15 is 0 Å². The van der Waals surface area contributed by atoms with Crippen molar-refractivity contribution < 1.29 is 19.1 Å². The Labute approximate surface area is 170 Å². The first-order valence-corrected chi connectivity index (χ1v) is 9.77. The normalized spacial score (nSPS) is 20.0. The lowest BCUT2D eigenvalue weighted by Gasteiger charge is -2.31. The molecule has 6 nitrogen and oxygen atoms in total. The number of carbonyl (C=O) groups is 2. The fraction of sp³-hybridized carbons (Fsp3) is 0.348. The number of amides is 2. The van der Waals surface area contributed by atoms with E-state index in [-0.39, 0.29) is 17.9 Å². The Hall–Kier alpha value is -3.15. The molecule has 0 saturated heterocycles. The monoisotopic (exact) mass is 392 g/mol. The minimum Gasteiger partial charge on any atom is -0.493 e. The molecule has 2 aliphatic rings. The van der Waals surface area contributed by atoms with Gasteiger partial charge < -0.3 is 9.47 Å². The van der Waals surface area contributed by atoms with Gasteiger partial charge in [0.15, 0.2) is 11.5 Å². The molecule has 0 N–H and O–H groups in total. The number of aliphatic imine (C=N–C) groups is 1. The quantitative estimate of drug-likeness (QED) is 0.553. The second-order valence-corrected chi connectivity index (χ2v) is 7.46. The highest BCUT2D eigenvalue weighted by Gasteiger charge is 2.39. The molecule has 1 heterocycles. The molecule has 6 heteroatoms. The van der Waals surface area contributed by atoms with Crippen molar-refractivity contribution in [2.24, 2.45) is 10.9 Å². The highest BCUT2D eigenvalue weighted by atomic mass is 16.5. The first-order valence-electron chi connectivity index (χ1n) is 9.77. The van der Waals surface area contributed by atoms with Crippen molar-refractivity contribution in [3.8, 4) is 11.5 Å². The van der Waals surface area contributed by atoms with Crippen LogP contribution in [0.2, 0.25) is 0 Å². The Morgan fingerprint density at radius 2 is 1.79 bits per heavy atom. The van der Waals surface area contributed by atoms with Gasteiger partial charge in [0, 0.05) is 23.9 Å². The summed E-state index contributed by atoms with van der Waals surface area (Å²) in [5.41, 5.74) is 1.66. The molecule has 2 aromatic carbocycles. The molecule has 150 valence electrons. The summed E-state index contributed by atoms with van der Waals surface area (Å²) in [6.45, 7) is 2.07. The zero-order chi connectivity index (χ0) is 20.5. The third kappa shape index (κ3) is 3.50. The highest BCUT2D eigenvalue weighted by Crippen LogP contribution is 2.37. The third-order valence-electron chi connectivity index (χ3n) is 5.62. The van der Waals surface area contributed by atoms with E-state index in [1.54, 1.807) is 43.7 Å². The van der Waals surface area contributed by atoms with E-state index in [2.05, 4.69) is 11.9 Å². The summed E-state index contributed by atoms with van der Waals surface area (Å²) in [4.78, 5) is 32.4. The van der Waals surface area contributed by atoms with E-state index in [0.717, 1.165) is 0 Å². The molecule has 1 aliphatic carbocycles. The lowest BCUT2D eigenvalue weighted by molar-refractivity contribution is -0.118. The predicted octanol–water partition coefficient (Wildman–Crippen LogP) is 3.84. The largest absolute Gasteiger partial charge is 0.493 e. The molecule has 2 atom stereocenters. The van der Waals surface area contributed by atoms with Crippen LogP contribution in [0.25, 0.3) is 0 Å². The van der Waals surface area contributed by atoms with E-state index in [0.29, 0.717) is 34.2 Å². The second-order valence-electron chi connectivity index (χ2n) is 7.46. The van der Waals surface area contributed by atoms with Crippen LogP contribution in [0.1, 0.15) is 41.6 Å². The number of imide groups is 1. The van der Waals surface area contributed by atoms with E-state index < -0.39 is 5.92 Å². The number of methoxy groups -OCH3 is 2. The van der Waals surface area contributed by atoms with Gasteiger partial charge >= 0.3 is 0 Å². The summed E-state index contributed by atoms with van der Waals surface area (Å²) < 4.78 is 10.6. The number of benzene rings is 2. The van der Waals surface area contributed by atoms with Crippen LogP contribution in [0.5, 0.6) is 11.5 Å². The van der Waals surface area contributed by atoms with Gasteiger partial charge in [-0.15, -0.1) is 0 Å². The molecule has 0 spiro atoms. The van der Waals surface area contributed by atoms with Gasteiger partial charge in [0.2, 0.25) is 5.91 Å². The summed E-state index contributed by atoms with van der Waals surface area (Å²) in [5.74, 6) is 0.328. The number of nitrogens with zero attached hydrogens (tertiary/aromatic N) is 2. The van der Waals surface area contributed by atoms with Gasteiger partial charge in [0.05, 0.1) is 25.8 Å². The molecule has 2 amide bonds. The Balaban J connectivity index is 1.75. The Morgan fingerprint density at radius 3 is 2.48 bits per heavy atom. The molecule has 1 fully saturated rings. The highest BCUT2D eigenvalue weighted by molar-refractivity contribution is 6.29. The molecule has 29 heavy (non-hydrogen) atoms. The van der Waals surface area contributed by atoms with Crippen LogP contribution in [0.4, 0.5) is 5.69 Å². The molecule has 1 aliphatic heterocycles. The number of hydrogen-bond acceptors (Lipinski definition) is 5. The lowest BCUT2D eigenvalue weighted by atomic mass is 9.88. The summed E-state index contributed by atoms with van der Waals surface area (Å²) in [6.07, 6.45) is 4.08. The average molecular weight is 392 g/mol. The Kier molecular flexibility index (Phi) is 5.09. The minimum absolute atomic E-state index is 0.183. The van der Waals surface area contributed by atoms with Crippen LogP contribution in [-0.2, 0) is 4.79 Å². The van der Waals surface area contributed by atoms with E-state index in [1.807, 2.05) is 12.1 Å². The fourth-order valence-electron chi connectivity index (χ4n) is 3.73. The summed E-state index contributed by atoms with van der Waals surface area (Å²) >= 11 is 0. The molecular formula is C23H24N2O4. The standard InChI is InChI=1S/C23H24N2O4/c1-14(15-8-9-15)24-13-19-17-6-4-5-7-18(17)22(26)25(23(19)27)16-10-11-20(28-2)21(12-16)29-3/h4-7,10-15,19H,8-9H2,1-3H3/t14-,19?/m0/s1. The van der Waals surface area contributed by atoms with Crippen molar-refractivity contribution in [3.05, 3.63) is 53.6 Å². The van der Waals surface area contributed by atoms with E-state index in [9.17, 15) is 9.59 Å². The van der Waals surface area contributed by atoms with Crippen LogP contribution in [-0.4, -0.2) is 38.3 Å². The lowest BCUT2D eigenvalue weighted by Crippen LogP contribution is -2.45. The van der Waals surface area contributed by atoms with Crippen molar-refractivity contribution in [3.63, 3.8) is 0 Å². The number of hydrogen-bond donors (Lipinski definition) is 0. The Bertz CT molecular complexity index is 981. The first kappa shape index (κ1) is 19.2. The first-order chi connectivity index (χ1) is 14.0. The van der Waals surface area contributed by atoms with Crippen molar-refractivity contribution in [2.75, 3.05) is 19.1 Å². The van der Waals surface area contributed by atoms with Crippen LogP contribution in [0.15, 0.2) is 47.5 Å². The molecule has 1 unspecified atom stereocenters. The number of ether oxygens (including phenoxy) is 2. The smallest absolute Gasteiger partial charge is 0.265 e. The van der Waals surface area contributed by atoms with Gasteiger partial charge in [-0.1, -0.05) is 18.2 Å². The van der Waals surface area contributed by atoms with Gasteiger partial charge in [0.25, 0.3) is 5.91 Å². The van der Waals surface area contributed by atoms with Crippen LogP contribution in [0, 0.1) is 5.92 Å². The molecular weight excluding hydrogens is 368 g/mol. The molecule has 0 bridgehead atoms. The number of rotatable bonds is 6. The maximum absolute atomic E-state index is 13.4. The maximum atomic E-state index is 13.4. The van der Waals surface area contributed by atoms with E-state index in [4.69, 9.17) is 9.47 Å². The zero-order valence-electron chi connectivity index (χ0n) is 16.8. The number of fused-ring (bicyclic) bond motifs is 1. The van der Waals surface area contributed by atoms with Gasteiger partial charge in [0.1, 0.15) is 0 Å². The molecule has 4 rings (SSSR count). The average Bonchev–Trinajstić information content (AvgIpc) is 3.59. The summed E-state index contributed by atoms with van der Waals surface area (Å²) in [7, 11) is 3.06. The molecule has 0 aromatic heterocycles. The van der Waals surface area contributed by atoms with Gasteiger partial charge in [-0.25, -0.2) is 4.90 Å². The fourth-order valence-corrected chi connectivity index (χ4v) is 3.73. The molecule has 0 radical (unpaired) electrons.